The molecule has 0 aromatic heterocycles. The van der Waals surface area contributed by atoms with Crippen molar-refractivity contribution < 1.29 is 9.90 Å². The highest BCUT2D eigenvalue weighted by atomic mass is 35.5. The van der Waals surface area contributed by atoms with Crippen LogP contribution in [0.25, 0.3) is 6.08 Å². The quantitative estimate of drug-likeness (QED) is 0.838. The zero-order valence-electron chi connectivity index (χ0n) is 12.6. The molecular formula is C17H22ClNO2. The van der Waals surface area contributed by atoms with Crippen molar-refractivity contribution in [1.82, 2.24) is 0 Å². The molecule has 3 nitrogen and oxygen atoms in total. The lowest BCUT2D eigenvalue weighted by molar-refractivity contribution is -0.131. The van der Waals surface area contributed by atoms with E-state index >= 15 is 0 Å². The van der Waals surface area contributed by atoms with Crippen molar-refractivity contribution in [2.24, 2.45) is 5.41 Å². The van der Waals surface area contributed by atoms with Gasteiger partial charge in [0, 0.05) is 19.2 Å². The lowest BCUT2D eigenvalue weighted by Crippen LogP contribution is -2.26. The fraction of sp³-hybridized carbons (Fsp3) is 0.471. The Hall–Kier alpha value is -1.48. The Morgan fingerprint density at radius 2 is 2.10 bits per heavy atom. The van der Waals surface area contributed by atoms with Crippen molar-refractivity contribution in [2.45, 2.75) is 33.1 Å². The highest BCUT2D eigenvalue weighted by molar-refractivity contribution is 6.33. The number of rotatable bonds is 3. The molecule has 2 rings (SSSR count). The highest BCUT2D eigenvalue weighted by Gasteiger charge is 2.24. The van der Waals surface area contributed by atoms with Crippen LogP contribution in [-0.2, 0) is 4.79 Å². The molecule has 1 aliphatic heterocycles. The molecule has 0 atom stereocenters. The summed E-state index contributed by atoms with van der Waals surface area (Å²) in [4.78, 5) is 13.0. The van der Waals surface area contributed by atoms with Crippen molar-refractivity contribution in [3.05, 3.63) is 34.9 Å². The molecule has 21 heavy (non-hydrogen) atoms. The highest BCUT2D eigenvalue weighted by Crippen LogP contribution is 2.36. The summed E-state index contributed by atoms with van der Waals surface area (Å²) >= 11 is 6.38. The Morgan fingerprint density at radius 1 is 1.33 bits per heavy atom. The second kappa shape index (κ2) is 6.52. The predicted molar refractivity (Wildman–Crippen MR) is 88.0 cm³/mol. The standard InChI is InChI=1S/C17H22ClNO2/c1-17(2)9-4-11-19(12-10-17)16-13(7-8-15(20)21)5-3-6-14(16)18/h3,5-8H,4,9-12H2,1-2H3,(H,20,21)/b8-7+. The molecule has 0 saturated carbocycles. The third-order valence-corrected chi connectivity index (χ3v) is 4.38. The SMILES string of the molecule is CC1(C)CCCN(c2c(Cl)cccc2/C=C/C(=O)O)CC1. The van der Waals surface area contributed by atoms with Crippen LogP contribution in [0, 0.1) is 5.41 Å². The van der Waals surface area contributed by atoms with E-state index in [1.165, 1.54) is 6.42 Å². The molecule has 0 amide bonds. The summed E-state index contributed by atoms with van der Waals surface area (Å²) in [6.07, 6.45) is 6.23. The van der Waals surface area contributed by atoms with Gasteiger partial charge in [-0.2, -0.15) is 0 Å². The zero-order valence-corrected chi connectivity index (χ0v) is 13.4. The average Bonchev–Trinajstić information content (AvgIpc) is 2.57. The van der Waals surface area contributed by atoms with E-state index in [0.717, 1.165) is 43.3 Å². The van der Waals surface area contributed by atoms with Gasteiger partial charge in [0.2, 0.25) is 0 Å². The minimum atomic E-state index is -0.946. The number of anilines is 1. The molecule has 1 aromatic carbocycles. The molecule has 1 fully saturated rings. The third kappa shape index (κ3) is 4.24. The molecule has 4 heteroatoms. The van der Waals surface area contributed by atoms with Crippen LogP contribution in [-0.4, -0.2) is 24.2 Å². The maximum atomic E-state index is 10.8. The Labute approximate surface area is 131 Å². The monoisotopic (exact) mass is 307 g/mol. The van der Waals surface area contributed by atoms with E-state index in [4.69, 9.17) is 16.7 Å². The number of carbonyl (C=O) groups is 1. The zero-order chi connectivity index (χ0) is 15.5. The number of hydrogen-bond donors (Lipinski definition) is 1. The molecule has 0 bridgehead atoms. The number of carboxylic acid groups (broad SMARTS) is 1. The Kier molecular flexibility index (Phi) is 4.94. The van der Waals surface area contributed by atoms with Gasteiger partial charge in [-0.3, -0.25) is 0 Å². The van der Waals surface area contributed by atoms with E-state index in [1.54, 1.807) is 6.08 Å². The van der Waals surface area contributed by atoms with Crippen molar-refractivity contribution in [3.63, 3.8) is 0 Å². The fourth-order valence-corrected chi connectivity index (χ4v) is 3.11. The van der Waals surface area contributed by atoms with Crippen molar-refractivity contribution >= 4 is 29.3 Å². The molecular weight excluding hydrogens is 286 g/mol. The van der Waals surface area contributed by atoms with Crippen molar-refractivity contribution in [3.8, 4) is 0 Å². The molecule has 0 spiro atoms. The first-order valence-corrected chi connectivity index (χ1v) is 7.71. The molecule has 1 N–H and O–H groups in total. The number of hydrogen-bond acceptors (Lipinski definition) is 2. The normalized spacial score (nSPS) is 18.7. The summed E-state index contributed by atoms with van der Waals surface area (Å²) in [6, 6.07) is 5.64. The summed E-state index contributed by atoms with van der Waals surface area (Å²) in [5, 5.41) is 9.51. The van der Waals surface area contributed by atoms with Crippen LogP contribution in [0.2, 0.25) is 5.02 Å². The van der Waals surface area contributed by atoms with Crippen molar-refractivity contribution in [2.75, 3.05) is 18.0 Å². The molecule has 114 valence electrons. The van der Waals surface area contributed by atoms with Crippen LogP contribution in [0.3, 0.4) is 0 Å². The number of aliphatic carboxylic acids is 1. The van der Waals surface area contributed by atoms with Gasteiger partial charge in [0.1, 0.15) is 0 Å². The molecule has 1 saturated heterocycles. The Morgan fingerprint density at radius 3 is 2.81 bits per heavy atom. The number of para-hydroxylation sites is 1. The van der Waals surface area contributed by atoms with Crippen LogP contribution < -0.4 is 4.90 Å². The van der Waals surface area contributed by atoms with E-state index in [0.29, 0.717) is 10.4 Å². The van der Waals surface area contributed by atoms with E-state index in [2.05, 4.69) is 18.7 Å². The van der Waals surface area contributed by atoms with Gasteiger partial charge in [0.25, 0.3) is 0 Å². The maximum Gasteiger partial charge on any atom is 0.328 e. The second-order valence-corrected chi connectivity index (χ2v) is 6.76. The summed E-state index contributed by atoms with van der Waals surface area (Å²) in [5.41, 5.74) is 2.17. The topological polar surface area (TPSA) is 40.5 Å². The molecule has 0 aliphatic carbocycles. The largest absolute Gasteiger partial charge is 0.478 e. The smallest absolute Gasteiger partial charge is 0.328 e. The van der Waals surface area contributed by atoms with Crippen LogP contribution in [0.15, 0.2) is 24.3 Å². The number of carboxylic acids is 1. The number of nitrogens with zero attached hydrogens (tertiary/aromatic N) is 1. The number of halogens is 1. The minimum Gasteiger partial charge on any atom is -0.478 e. The van der Waals surface area contributed by atoms with Gasteiger partial charge in [-0.15, -0.1) is 0 Å². The Balaban J connectivity index is 2.31. The van der Waals surface area contributed by atoms with Gasteiger partial charge in [-0.1, -0.05) is 37.6 Å². The third-order valence-electron chi connectivity index (χ3n) is 4.08. The summed E-state index contributed by atoms with van der Waals surface area (Å²) in [7, 11) is 0. The summed E-state index contributed by atoms with van der Waals surface area (Å²) < 4.78 is 0. The second-order valence-electron chi connectivity index (χ2n) is 6.35. The molecule has 0 radical (unpaired) electrons. The minimum absolute atomic E-state index is 0.354. The van der Waals surface area contributed by atoms with Crippen LogP contribution in [0.5, 0.6) is 0 Å². The lowest BCUT2D eigenvalue weighted by atomic mass is 9.85. The van der Waals surface area contributed by atoms with Gasteiger partial charge >= 0.3 is 5.97 Å². The summed E-state index contributed by atoms with van der Waals surface area (Å²) in [5.74, 6) is -0.946. The van der Waals surface area contributed by atoms with E-state index < -0.39 is 5.97 Å². The Bertz CT molecular complexity index is 552. The van der Waals surface area contributed by atoms with Crippen LogP contribution in [0.4, 0.5) is 5.69 Å². The summed E-state index contributed by atoms with van der Waals surface area (Å²) in [6.45, 7) is 6.51. The molecule has 1 heterocycles. The fourth-order valence-electron chi connectivity index (χ4n) is 2.81. The predicted octanol–water partition coefficient (Wildman–Crippen LogP) is 4.45. The lowest BCUT2D eigenvalue weighted by Gasteiger charge is -2.27. The first-order chi connectivity index (χ1) is 9.89. The van der Waals surface area contributed by atoms with Crippen LogP contribution >= 0.6 is 11.6 Å². The van der Waals surface area contributed by atoms with Crippen LogP contribution in [0.1, 0.15) is 38.7 Å². The average molecular weight is 308 g/mol. The first-order valence-electron chi connectivity index (χ1n) is 7.33. The van der Waals surface area contributed by atoms with Gasteiger partial charge in [-0.25, -0.2) is 4.79 Å². The van der Waals surface area contributed by atoms with Gasteiger partial charge in [0.05, 0.1) is 10.7 Å². The van der Waals surface area contributed by atoms with E-state index in [-0.39, 0.29) is 0 Å². The maximum absolute atomic E-state index is 10.8. The van der Waals surface area contributed by atoms with Gasteiger partial charge in [-0.05, 0) is 42.4 Å². The number of benzene rings is 1. The van der Waals surface area contributed by atoms with Crippen molar-refractivity contribution in [1.29, 1.82) is 0 Å². The molecule has 1 aromatic rings. The molecule has 0 unspecified atom stereocenters. The molecule has 1 aliphatic rings. The van der Waals surface area contributed by atoms with Gasteiger partial charge in [0.15, 0.2) is 0 Å². The van der Waals surface area contributed by atoms with Gasteiger partial charge < -0.3 is 10.0 Å². The van der Waals surface area contributed by atoms with E-state index in [9.17, 15) is 4.79 Å². The first kappa shape index (κ1) is 15.9. The van der Waals surface area contributed by atoms with E-state index in [1.807, 2.05) is 18.2 Å².